The van der Waals surface area contributed by atoms with E-state index in [1.165, 1.54) is 11.3 Å². The van der Waals surface area contributed by atoms with Gasteiger partial charge in [0.15, 0.2) is 0 Å². The molecule has 6 heteroatoms. The minimum Gasteiger partial charge on any atom is -0.494 e. The summed E-state index contributed by atoms with van der Waals surface area (Å²) in [5.74, 6) is 0.284. The summed E-state index contributed by atoms with van der Waals surface area (Å²) in [6, 6.07) is 7.60. The molecule has 0 unspecified atom stereocenters. The first-order chi connectivity index (χ1) is 13.1. The summed E-state index contributed by atoms with van der Waals surface area (Å²) in [6.45, 7) is 6.81. The van der Waals surface area contributed by atoms with Crippen LogP contribution in [0, 0.1) is 0 Å². The molecule has 0 aliphatic rings. The van der Waals surface area contributed by atoms with Gasteiger partial charge in [0.25, 0.3) is 0 Å². The minimum atomic E-state index is -0.425. The first-order valence-electron chi connectivity index (χ1n) is 9.42. The maximum Gasteiger partial charge on any atom is 0.341 e. The quantitative estimate of drug-likeness (QED) is 0.544. The molecular weight excluding hydrogens is 362 g/mol. The monoisotopic (exact) mass is 389 g/mol. The summed E-state index contributed by atoms with van der Waals surface area (Å²) < 4.78 is 10.8. The number of esters is 1. The molecule has 27 heavy (non-hydrogen) atoms. The number of hydrogen-bond donors (Lipinski definition) is 1. The van der Waals surface area contributed by atoms with Crippen molar-refractivity contribution in [2.24, 2.45) is 0 Å². The van der Waals surface area contributed by atoms with Crippen molar-refractivity contribution in [3.05, 3.63) is 35.2 Å². The topological polar surface area (TPSA) is 64.6 Å². The minimum absolute atomic E-state index is 0.0842. The molecule has 1 amide bonds. The fourth-order valence-corrected chi connectivity index (χ4v) is 3.52. The van der Waals surface area contributed by atoms with Crippen LogP contribution in [0.25, 0.3) is 11.1 Å². The van der Waals surface area contributed by atoms with Crippen LogP contribution in [0.1, 0.15) is 56.8 Å². The number of anilines is 1. The maximum atomic E-state index is 12.5. The third kappa shape index (κ3) is 5.82. The number of ether oxygens (including phenoxy) is 2. The van der Waals surface area contributed by atoms with Gasteiger partial charge in [-0.3, -0.25) is 4.79 Å². The highest BCUT2D eigenvalue weighted by Gasteiger charge is 2.22. The maximum absolute atomic E-state index is 12.5. The molecule has 2 rings (SSSR count). The zero-order valence-corrected chi connectivity index (χ0v) is 17.0. The average molecular weight is 390 g/mol. The summed E-state index contributed by atoms with van der Waals surface area (Å²) in [7, 11) is 0. The highest BCUT2D eigenvalue weighted by atomic mass is 32.1. The number of rotatable bonds is 10. The third-order valence-corrected chi connectivity index (χ3v) is 4.81. The Morgan fingerprint density at radius 3 is 2.44 bits per heavy atom. The number of unbranched alkanes of at least 4 members (excludes halogenated alkanes) is 1. The van der Waals surface area contributed by atoms with Crippen LogP contribution in [0.4, 0.5) is 5.00 Å². The van der Waals surface area contributed by atoms with Crippen LogP contribution in [0.15, 0.2) is 29.6 Å². The molecule has 0 fully saturated rings. The van der Waals surface area contributed by atoms with Crippen LogP contribution in [-0.4, -0.2) is 25.1 Å². The van der Waals surface area contributed by atoms with Crippen LogP contribution in [0.5, 0.6) is 5.75 Å². The molecule has 1 N–H and O–H groups in total. The van der Waals surface area contributed by atoms with Gasteiger partial charge < -0.3 is 14.8 Å². The Morgan fingerprint density at radius 1 is 1.07 bits per heavy atom. The van der Waals surface area contributed by atoms with Crippen molar-refractivity contribution in [2.45, 2.75) is 46.5 Å². The highest BCUT2D eigenvalue weighted by molar-refractivity contribution is 7.15. The molecule has 1 aromatic carbocycles. The van der Waals surface area contributed by atoms with Crippen molar-refractivity contribution in [1.82, 2.24) is 0 Å². The molecule has 0 radical (unpaired) electrons. The van der Waals surface area contributed by atoms with Gasteiger partial charge in [0.05, 0.1) is 13.2 Å². The van der Waals surface area contributed by atoms with Crippen molar-refractivity contribution in [1.29, 1.82) is 0 Å². The second kappa shape index (κ2) is 10.7. The average Bonchev–Trinajstić information content (AvgIpc) is 3.08. The van der Waals surface area contributed by atoms with E-state index >= 15 is 0 Å². The Hall–Kier alpha value is -2.34. The summed E-state index contributed by atoms with van der Waals surface area (Å²) in [6.07, 6.45) is 3.15. The molecular formula is C21H27NO4S. The lowest BCUT2D eigenvalue weighted by Gasteiger charge is -2.09. The number of nitrogens with one attached hydrogen (secondary N) is 1. The number of carbonyl (C=O) groups is 2. The van der Waals surface area contributed by atoms with E-state index in [1.807, 2.05) is 36.6 Å². The van der Waals surface area contributed by atoms with Gasteiger partial charge in [0.2, 0.25) is 5.91 Å². The molecule has 0 spiro atoms. The van der Waals surface area contributed by atoms with Crippen LogP contribution in [-0.2, 0) is 9.53 Å². The molecule has 1 aromatic heterocycles. The van der Waals surface area contributed by atoms with Crippen molar-refractivity contribution in [2.75, 3.05) is 18.5 Å². The lowest BCUT2D eigenvalue weighted by Crippen LogP contribution is -2.14. The Morgan fingerprint density at radius 2 is 1.81 bits per heavy atom. The van der Waals surface area contributed by atoms with Crippen LogP contribution >= 0.6 is 11.3 Å². The summed E-state index contributed by atoms with van der Waals surface area (Å²) in [5, 5.41) is 5.28. The van der Waals surface area contributed by atoms with E-state index in [2.05, 4.69) is 12.2 Å². The Bertz CT molecular complexity index is 752. The van der Waals surface area contributed by atoms with Crippen LogP contribution < -0.4 is 10.1 Å². The first kappa shape index (κ1) is 21.0. The molecule has 5 nitrogen and oxygen atoms in total. The van der Waals surface area contributed by atoms with Gasteiger partial charge in [-0.1, -0.05) is 32.4 Å². The fraction of sp³-hybridized carbons (Fsp3) is 0.429. The van der Waals surface area contributed by atoms with Crippen LogP contribution in [0.3, 0.4) is 0 Å². The molecule has 0 atom stereocenters. The second-order valence-corrected chi connectivity index (χ2v) is 6.98. The number of thiophene rings is 1. The van der Waals surface area contributed by atoms with E-state index < -0.39 is 5.97 Å². The fourth-order valence-electron chi connectivity index (χ4n) is 2.55. The zero-order valence-electron chi connectivity index (χ0n) is 16.2. The number of amides is 1. The summed E-state index contributed by atoms with van der Waals surface area (Å²) in [5.41, 5.74) is 2.05. The van der Waals surface area contributed by atoms with E-state index in [0.29, 0.717) is 23.6 Å². The predicted octanol–water partition coefficient (Wildman–Crippen LogP) is 5.51. The standard InChI is InChI=1S/C21H27NO4S/c1-4-7-8-18(23)22-20-19(21(24)25-6-3)17(14-27-20)15-9-11-16(12-10-15)26-13-5-2/h9-12,14H,4-8,13H2,1-3H3,(H,22,23). The largest absolute Gasteiger partial charge is 0.494 e. The van der Waals surface area contributed by atoms with E-state index in [0.717, 1.165) is 36.1 Å². The Labute approximate surface area is 164 Å². The third-order valence-electron chi connectivity index (χ3n) is 3.92. The van der Waals surface area contributed by atoms with Gasteiger partial charge in [-0.25, -0.2) is 4.79 Å². The van der Waals surface area contributed by atoms with E-state index in [9.17, 15) is 9.59 Å². The lowest BCUT2D eigenvalue weighted by molar-refractivity contribution is -0.116. The lowest BCUT2D eigenvalue weighted by atomic mass is 10.0. The summed E-state index contributed by atoms with van der Waals surface area (Å²) >= 11 is 1.34. The first-order valence-corrected chi connectivity index (χ1v) is 10.3. The normalized spacial score (nSPS) is 10.5. The Kier molecular flexibility index (Phi) is 8.33. The van der Waals surface area contributed by atoms with E-state index in [1.54, 1.807) is 6.92 Å². The number of benzene rings is 1. The molecule has 0 saturated heterocycles. The molecule has 0 bridgehead atoms. The highest BCUT2D eigenvalue weighted by Crippen LogP contribution is 2.37. The molecule has 0 aliphatic heterocycles. The second-order valence-electron chi connectivity index (χ2n) is 6.10. The van der Waals surface area contributed by atoms with E-state index in [4.69, 9.17) is 9.47 Å². The van der Waals surface area contributed by atoms with Gasteiger partial charge in [0.1, 0.15) is 16.3 Å². The van der Waals surface area contributed by atoms with Gasteiger partial charge in [-0.2, -0.15) is 0 Å². The van der Waals surface area contributed by atoms with Crippen molar-refractivity contribution in [3.63, 3.8) is 0 Å². The smallest absolute Gasteiger partial charge is 0.341 e. The Balaban J connectivity index is 2.29. The molecule has 0 saturated carbocycles. The zero-order chi connectivity index (χ0) is 19.6. The van der Waals surface area contributed by atoms with Gasteiger partial charge >= 0.3 is 5.97 Å². The SMILES string of the molecule is CCCCC(=O)Nc1scc(-c2ccc(OCCC)cc2)c1C(=O)OCC. The van der Waals surface area contributed by atoms with Gasteiger partial charge in [-0.15, -0.1) is 11.3 Å². The molecule has 0 aliphatic carbocycles. The molecule has 1 heterocycles. The molecule has 2 aromatic rings. The van der Waals surface area contributed by atoms with Crippen molar-refractivity contribution < 1.29 is 19.1 Å². The van der Waals surface area contributed by atoms with Crippen molar-refractivity contribution >= 4 is 28.2 Å². The summed E-state index contributed by atoms with van der Waals surface area (Å²) in [4.78, 5) is 24.7. The van der Waals surface area contributed by atoms with Gasteiger partial charge in [0, 0.05) is 17.4 Å². The number of hydrogen-bond acceptors (Lipinski definition) is 5. The number of carbonyl (C=O) groups excluding carboxylic acids is 2. The molecule has 146 valence electrons. The van der Waals surface area contributed by atoms with Crippen LogP contribution in [0.2, 0.25) is 0 Å². The van der Waals surface area contributed by atoms with Gasteiger partial charge in [-0.05, 0) is 37.5 Å². The van der Waals surface area contributed by atoms with Crippen molar-refractivity contribution in [3.8, 4) is 16.9 Å². The van der Waals surface area contributed by atoms with E-state index in [-0.39, 0.29) is 12.5 Å². The predicted molar refractivity (Wildman–Crippen MR) is 110 cm³/mol.